The van der Waals surface area contributed by atoms with Crippen LogP contribution in [0.1, 0.15) is 25.0 Å². The molecule has 1 aliphatic carbocycles. The zero-order valence-corrected chi connectivity index (χ0v) is 15.5. The van der Waals surface area contributed by atoms with Crippen LogP contribution >= 0.6 is 11.3 Å². The van der Waals surface area contributed by atoms with Gasteiger partial charge in [-0.3, -0.25) is 4.98 Å². The van der Waals surface area contributed by atoms with Gasteiger partial charge < -0.3 is 0 Å². The highest BCUT2D eigenvalue weighted by molar-refractivity contribution is 7.26. The molecule has 124 valence electrons. The third kappa shape index (κ3) is 1.63. The van der Waals surface area contributed by atoms with Crippen LogP contribution in [0.4, 0.5) is 0 Å². The van der Waals surface area contributed by atoms with Crippen molar-refractivity contribution < 1.29 is 0 Å². The summed E-state index contributed by atoms with van der Waals surface area (Å²) in [5.74, 6) is 0. The molecule has 0 saturated heterocycles. The third-order valence-corrected chi connectivity index (χ3v) is 7.01. The highest BCUT2D eigenvalue weighted by Gasteiger charge is 2.38. The van der Waals surface area contributed by atoms with Gasteiger partial charge >= 0.3 is 0 Å². The van der Waals surface area contributed by atoms with E-state index >= 15 is 0 Å². The van der Waals surface area contributed by atoms with E-state index in [2.05, 4.69) is 74.5 Å². The van der Waals surface area contributed by atoms with E-state index in [1.807, 2.05) is 17.5 Å². The summed E-state index contributed by atoms with van der Waals surface area (Å²) < 4.78 is 2.74. The molecule has 0 unspecified atom stereocenters. The summed E-state index contributed by atoms with van der Waals surface area (Å²) in [5.41, 5.74) is 5.18. The van der Waals surface area contributed by atoms with Gasteiger partial charge in [0, 0.05) is 37.3 Å². The number of pyridine rings is 1. The van der Waals surface area contributed by atoms with Crippen molar-refractivity contribution in [1.29, 1.82) is 0 Å². The summed E-state index contributed by atoms with van der Waals surface area (Å²) >= 11 is 1.90. The Morgan fingerprint density at radius 1 is 0.808 bits per heavy atom. The third-order valence-electron chi connectivity index (χ3n) is 5.89. The van der Waals surface area contributed by atoms with Gasteiger partial charge in [0.2, 0.25) is 0 Å². The summed E-state index contributed by atoms with van der Waals surface area (Å²) in [6.07, 6.45) is 1.91. The maximum Gasteiger partial charge on any atom is 0.0746 e. The number of fused-ring (bicyclic) bond motifs is 9. The van der Waals surface area contributed by atoms with Crippen molar-refractivity contribution >= 4 is 42.3 Å². The number of hydrogen-bond donors (Lipinski definition) is 0. The second kappa shape index (κ2) is 4.72. The van der Waals surface area contributed by atoms with Crippen LogP contribution in [0.5, 0.6) is 0 Å². The lowest BCUT2D eigenvalue weighted by Crippen LogP contribution is -2.15. The van der Waals surface area contributed by atoms with E-state index in [9.17, 15) is 0 Å². The predicted octanol–water partition coefficient (Wildman–Crippen LogP) is 6.91. The Bertz CT molecular complexity index is 1360. The minimum atomic E-state index is -0.0383. The molecule has 1 aliphatic rings. The molecule has 0 amide bonds. The van der Waals surface area contributed by atoms with Crippen molar-refractivity contribution in [3.63, 3.8) is 0 Å². The van der Waals surface area contributed by atoms with Crippen molar-refractivity contribution in [2.75, 3.05) is 0 Å². The van der Waals surface area contributed by atoms with Crippen LogP contribution in [0.25, 0.3) is 42.2 Å². The van der Waals surface area contributed by atoms with Gasteiger partial charge in [0.1, 0.15) is 0 Å². The monoisotopic (exact) mass is 351 g/mol. The number of benzene rings is 3. The maximum absolute atomic E-state index is 4.73. The molecule has 26 heavy (non-hydrogen) atoms. The minimum Gasteiger partial charge on any atom is -0.256 e. The molecule has 0 spiro atoms. The van der Waals surface area contributed by atoms with Gasteiger partial charge in [-0.05, 0) is 40.1 Å². The first-order valence-electron chi connectivity index (χ1n) is 8.99. The van der Waals surface area contributed by atoms with Gasteiger partial charge in [-0.2, -0.15) is 0 Å². The molecule has 0 saturated carbocycles. The fourth-order valence-electron chi connectivity index (χ4n) is 4.74. The molecule has 0 bridgehead atoms. The number of hydrogen-bond acceptors (Lipinski definition) is 2. The Hall–Kier alpha value is -2.71. The van der Waals surface area contributed by atoms with E-state index in [4.69, 9.17) is 4.98 Å². The summed E-state index contributed by atoms with van der Waals surface area (Å²) in [7, 11) is 0. The molecule has 2 heterocycles. The van der Waals surface area contributed by atoms with Crippen molar-refractivity contribution in [3.8, 4) is 11.3 Å². The second-order valence-electron chi connectivity index (χ2n) is 7.65. The Balaban J connectivity index is 1.89. The van der Waals surface area contributed by atoms with Crippen molar-refractivity contribution in [2.45, 2.75) is 19.3 Å². The number of nitrogens with zero attached hydrogens (tertiary/aromatic N) is 1. The van der Waals surface area contributed by atoms with Crippen LogP contribution in [0, 0.1) is 0 Å². The highest BCUT2D eigenvalue weighted by Crippen LogP contribution is 2.53. The quantitative estimate of drug-likeness (QED) is 0.295. The Morgan fingerprint density at radius 2 is 1.62 bits per heavy atom. The average molecular weight is 351 g/mol. The van der Waals surface area contributed by atoms with Crippen LogP contribution < -0.4 is 0 Å². The Morgan fingerprint density at radius 3 is 2.54 bits per heavy atom. The first-order chi connectivity index (χ1) is 12.7. The topological polar surface area (TPSA) is 12.9 Å². The van der Waals surface area contributed by atoms with Crippen LogP contribution in [0.3, 0.4) is 0 Å². The molecule has 0 N–H and O–H groups in total. The molecule has 0 atom stereocenters. The lowest BCUT2D eigenvalue weighted by atomic mass is 9.80. The first-order valence-corrected chi connectivity index (χ1v) is 9.81. The second-order valence-corrected chi connectivity index (χ2v) is 8.73. The molecule has 6 rings (SSSR count). The van der Waals surface area contributed by atoms with Crippen molar-refractivity contribution in [3.05, 3.63) is 78.0 Å². The molecule has 2 heteroatoms. The van der Waals surface area contributed by atoms with E-state index in [0.717, 1.165) is 5.69 Å². The van der Waals surface area contributed by atoms with Gasteiger partial charge in [-0.1, -0.05) is 56.3 Å². The van der Waals surface area contributed by atoms with Gasteiger partial charge in [0.05, 0.1) is 5.69 Å². The molecular formula is C24H17NS. The van der Waals surface area contributed by atoms with Gasteiger partial charge in [0.15, 0.2) is 0 Å². The molecule has 0 aliphatic heterocycles. The standard InChI is InChI=1S/C24H17NS/c1-24(2)17-8-5-13-25-23(17)16-10-12-19-21(22(16)24)20-15-7-4-3-6-14(15)9-11-18(20)26-19/h3-13H,1-2H3. The lowest BCUT2D eigenvalue weighted by Gasteiger charge is -2.22. The molecule has 1 nitrogen and oxygen atoms in total. The molecular weight excluding hydrogens is 334 g/mol. The highest BCUT2D eigenvalue weighted by atomic mass is 32.1. The lowest BCUT2D eigenvalue weighted by molar-refractivity contribution is 0.665. The van der Waals surface area contributed by atoms with Gasteiger partial charge in [0.25, 0.3) is 0 Å². The predicted molar refractivity (Wildman–Crippen MR) is 112 cm³/mol. The normalized spacial score (nSPS) is 14.8. The SMILES string of the molecule is CC1(C)c2cccnc2-c2ccc3sc4ccc5ccccc5c4c3c21. The van der Waals surface area contributed by atoms with E-state index in [0.29, 0.717) is 0 Å². The summed E-state index contributed by atoms with van der Waals surface area (Å²) in [4.78, 5) is 4.73. The van der Waals surface area contributed by atoms with Gasteiger partial charge in [-0.25, -0.2) is 0 Å². The first kappa shape index (κ1) is 14.5. The molecule has 5 aromatic rings. The molecule has 0 radical (unpaired) electrons. The zero-order valence-electron chi connectivity index (χ0n) is 14.7. The molecule has 2 aromatic heterocycles. The largest absolute Gasteiger partial charge is 0.256 e. The Kier molecular flexibility index (Phi) is 2.62. The summed E-state index contributed by atoms with van der Waals surface area (Å²) in [6.45, 7) is 4.68. The van der Waals surface area contributed by atoms with Crippen LogP contribution in [-0.2, 0) is 5.41 Å². The smallest absolute Gasteiger partial charge is 0.0746 e. The van der Waals surface area contributed by atoms with Crippen molar-refractivity contribution in [2.24, 2.45) is 0 Å². The minimum absolute atomic E-state index is 0.0383. The molecule has 3 aromatic carbocycles. The van der Waals surface area contributed by atoms with Crippen molar-refractivity contribution in [1.82, 2.24) is 4.98 Å². The Labute approximate surface area is 155 Å². The van der Waals surface area contributed by atoms with Crippen LogP contribution in [0.15, 0.2) is 66.9 Å². The average Bonchev–Trinajstić information content (AvgIpc) is 3.15. The fraction of sp³-hybridized carbons (Fsp3) is 0.125. The summed E-state index contributed by atoms with van der Waals surface area (Å²) in [6, 6.07) is 22.1. The molecule has 0 fully saturated rings. The van der Waals surface area contributed by atoms with E-state index in [-0.39, 0.29) is 5.41 Å². The zero-order chi connectivity index (χ0) is 17.5. The number of aromatic nitrogens is 1. The van der Waals surface area contributed by atoms with Gasteiger partial charge in [-0.15, -0.1) is 11.3 Å². The van der Waals surface area contributed by atoms with E-state index in [1.165, 1.54) is 47.6 Å². The fourth-order valence-corrected chi connectivity index (χ4v) is 5.86. The van der Waals surface area contributed by atoms with E-state index < -0.39 is 0 Å². The number of thiophene rings is 1. The number of rotatable bonds is 0. The van der Waals surface area contributed by atoms with Crippen LogP contribution in [-0.4, -0.2) is 4.98 Å². The van der Waals surface area contributed by atoms with E-state index in [1.54, 1.807) is 0 Å². The summed E-state index contributed by atoms with van der Waals surface area (Å²) in [5, 5.41) is 5.48. The maximum atomic E-state index is 4.73. The van der Waals surface area contributed by atoms with Crippen LogP contribution in [0.2, 0.25) is 0 Å².